The summed E-state index contributed by atoms with van der Waals surface area (Å²) >= 11 is 13.2. The zero-order valence-corrected chi connectivity index (χ0v) is 11.1. The van der Waals surface area contributed by atoms with E-state index in [1.807, 2.05) is 0 Å². The van der Waals surface area contributed by atoms with Gasteiger partial charge in [0.15, 0.2) is 0 Å². The number of nitrogens with zero attached hydrogens (tertiary/aromatic N) is 3. The lowest BCUT2D eigenvalue weighted by Gasteiger charge is -2.04. The molecule has 8 heteroatoms. The van der Waals surface area contributed by atoms with Gasteiger partial charge in [-0.2, -0.15) is 0 Å². The van der Waals surface area contributed by atoms with Crippen LogP contribution in [0.3, 0.4) is 0 Å². The number of thiazole rings is 1. The molecule has 0 fully saturated rings. The molecule has 0 saturated heterocycles. The van der Waals surface area contributed by atoms with E-state index < -0.39 is 5.91 Å². The Bertz CT molecular complexity index is 643. The number of hydrogen-bond donors (Lipinski definition) is 1. The summed E-state index contributed by atoms with van der Waals surface area (Å²) in [7, 11) is 0. The largest absolute Gasteiger partial charge is 0.372 e. The number of rotatable bonds is 2. The Morgan fingerprint density at radius 3 is 2.67 bits per heavy atom. The van der Waals surface area contributed by atoms with E-state index in [0.29, 0.717) is 21.3 Å². The first-order valence-electron chi connectivity index (χ1n) is 4.64. The smallest absolute Gasteiger partial charge is 0.258 e. The Hall–Kier alpha value is -1.59. The Balaban J connectivity index is 2.63. The van der Waals surface area contributed by atoms with Crippen LogP contribution in [-0.2, 0) is 0 Å². The molecule has 0 unspecified atom stereocenters. The van der Waals surface area contributed by atoms with E-state index in [-0.39, 0.29) is 4.88 Å². The molecule has 0 aliphatic carbocycles. The maximum Gasteiger partial charge on any atom is 0.372 e. The second kappa shape index (κ2) is 5.37. The van der Waals surface area contributed by atoms with Crippen molar-refractivity contribution in [2.24, 2.45) is 5.11 Å². The fourth-order valence-electron chi connectivity index (χ4n) is 1.39. The van der Waals surface area contributed by atoms with E-state index in [1.165, 1.54) is 5.51 Å². The number of carbonyl (C=O) groups excluding carboxylic acids is 1. The number of amides is 1. The Labute approximate surface area is 116 Å². The van der Waals surface area contributed by atoms with Crippen LogP contribution < -0.4 is 4.91 Å². The van der Waals surface area contributed by atoms with Gasteiger partial charge in [-0.1, -0.05) is 29.3 Å². The average molecular weight is 300 g/mol. The van der Waals surface area contributed by atoms with E-state index in [4.69, 9.17) is 28.7 Å². The molecule has 0 aliphatic rings. The van der Waals surface area contributed by atoms with Crippen molar-refractivity contribution in [2.45, 2.75) is 0 Å². The highest BCUT2D eigenvalue weighted by molar-refractivity contribution is 7.12. The summed E-state index contributed by atoms with van der Waals surface area (Å²) in [4.78, 5) is 18.7. The third kappa shape index (κ3) is 2.32. The van der Waals surface area contributed by atoms with Gasteiger partial charge in [-0.25, -0.2) is 4.98 Å². The van der Waals surface area contributed by atoms with Gasteiger partial charge in [0.1, 0.15) is 10.4 Å². The van der Waals surface area contributed by atoms with Crippen molar-refractivity contribution >= 4 is 40.4 Å². The fourth-order valence-corrected chi connectivity index (χ4v) is 2.64. The van der Waals surface area contributed by atoms with Crippen LogP contribution in [0.15, 0.2) is 28.8 Å². The van der Waals surface area contributed by atoms with Gasteiger partial charge in [0, 0.05) is 5.56 Å². The van der Waals surface area contributed by atoms with Gasteiger partial charge >= 0.3 is 5.91 Å². The highest BCUT2D eigenvalue weighted by Gasteiger charge is 2.22. The predicted octanol–water partition coefficient (Wildman–Crippen LogP) is 3.81. The molecule has 0 atom stereocenters. The van der Waals surface area contributed by atoms with E-state index >= 15 is 0 Å². The second-order valence-electron chi connectivity index (χ2n) is 3.13. The molecule has 90 valence electrons. The first-order valence-corrected chi connectivity index (χ1v) is 6.28. The van der Waals surface area contributed by atoms with Crippen molar-refractivity contribution in [3.63, 3.8) is 0 Å². The molecular weight excluding hydrogens is 295 g/mol. The third-order valence-corrected chi connectivity index (χ3v) is 3.55. The van der Waals surface area contributed by atoms with Crippen LogP contribution in [-0.4, -0.2) is 10.9 Å². The second-order valence-corrected chi connectivity index (χ2v) is 4.80. The van der Waals surface area contributed by atoms with Crippen LogP contribution in [0.5, 0.6) is 0 Å². The van der Waals surface area contributed by atoms with Gasteiger partial charge < -0.3 is 0 Å². The Kier molecular flexibility index (Phi) is 3.84. The molecule has 1 amide bonds. The maximum atomic E-state index is 11.6. The van der Waals surface area contributed by atoms with E-state index in [1.54, 1.807) is 18.2 Å². The van der Waals surface area contributed by atoms with Crippen LogP contribution in [0, 0.1) is 5.53 Å². The van der Waals surface area contributed by atoms with Crippen molar-refractivity contribution in [1.82, 2.24) is 9.90 Å². The van der Waals surface area contributed by atoms with Gasteiger partial charge in [-0.15, -0.1) is 11.3 Å². The quantitative estimate of drug-likeness (QED) is 0.676. The van der Waals surface area contributed by atoms with Gasteiger partial charge in [0.05, 0.1) is 21.2 Å². The van der Waals surface area contributed by atoms with Crippen LogP contribution in [0.4, 0.5) is 0 Å². The van der Waals surface area contributed by atoms with Gasteiger partial charge in [-0.3, -0.25) is 4.79 Å². The normalized spacial score (nSPS) is 9.89. The number of hydrogen-bond acceptors (Lipinski definition) is 4. The molecule has 0 radical (unpaired) electrons. The summed E-state index contributed by atoms with van der Waals surface area (Å²) in [5.74, 6) is -0.640. The lowest BCUT2D eigenvalue weighted by atomic mass is 10.1. The molecule has 0 saturated carbocycles. The predicted molar refractivity (Wildman–Crippen MR) is 69.2 cm³/mol. The van der Waals surface area contributed by atoms with Crippen molar-refractivity contribution < 1.29 is 4.79 Å². The minimum absolute atomic E-state index is 0.251. The summed E-state index contributed by atoms with van der Waals surface area (Å²) in [5.41, 5.74) is 8.88. The number of benzene rings is 1. The van der Waals surface area contributed by atoms with Crippen LogP contribution in [0.1, 0.15) is 9.67 Å². The van der Waals surface area contributed by atoms with Gasteiger partial charge in [0.2, 0.25) is 10.0 Å². The van der Waals surface area contributed by atoms with Crippen molar-refractivity contribution in [2.75, 3.05) is 0 Å². The molecule has 1 aromatic heterocycles. The summed E-state index contributed by atoms with van der Waals surface area (Å²) in [6.07, 6.45) is 0. The summed E-state index contributed by atoms with van der Waals surface area (Å²) in [5, 5.41) is 3.94. The molecule has 2 rings (SSSR count). The molecule has 1 aromatic carbocycles. The molecule has 0 bridgehead atoms. The number of aromatic nitrogens is 1. The van der Waals surface area contributed by atoms with E-state index in [9.17, 15) is 4.79 Å². The van der Waals surface area contributed by atoms with Crippen molar-refractivity contribution in [3.05, 3.63) is 38.6 Å². The minimum Gasteiger partial charge on any atom is -0.258 e. The highest BCUT2D eigenvalue weighted by atomic mass is 35.5. The van der Waals surface area contributed by atoms with Crippen molar-refractivity contribution in [1.29, 1.82) is 5.53 Å². The minimum atomic E-state index is -0.640. The molecule has 0 spiro atoms. The Morgan fingerprint density at radius 1 is 1.39 bits per heavy atom. The molecule has 1 N–H and O–H groups in total. The maximum absolute atomic E-state index is 11.6. The third-order valence-electron chi connectivity index (χ3n) is 2.10. The zero-order chi connectivity index (χ0) is 13.1. The summed E-state index contributed by atoms with van der Waals surface area (Å²) < 4.78 is 0. The van der Waals surface area contributed by atoms with Crippen LogP contribution >= 0.6 is 34.5 Å². The molecule has 5 nitrogen and oxygen atoms in total. The zero-order valence-electron chi connectivity index (χ0n) is 8.72. The van der Waals surface area contributed by atoms with E-state index in [2.05, 4.69) is 15.0 Å². The molecule has 0 aliphatic heterocycles. The topological polar surface area (TPSA) is 80.3 Å². The monoisotopic (exact) mass is 299 g/mol. The van der Waals surface area contributed by atoms with E-state index in [0.717, 1.165) is 11.3 Å². The highest BCUT2D eigenvalue weighted by Crippen LogP contribution is 2.36. The number of carbonyl (C=O) groups is 1. The Morgan fingerprint density at radius 2 is 2.06 bits per heavy atom. The SMILES string of the molecule is N=[N+]=NC(=O)c1scnc1-c1c(Cl)cccc1Cl. The fraction of sp³-hybridized carbons (Fsp3) is 0. The molecule has 2 aromatic rings. The molecule has 1 heterocycles. The average Bonchev–Trinajstić information content (AvgIpc) is 2.78. The number of halogens is 2. The molecule has 18 heavy (non-hydrogen) atoms. The first kappa shape index (κ1) is 12.9. The lowest BCUT2D eigenvalue weighted by molar-refractivity contribution is 0.0996. The van der Waals surface area contributed by atoms with Gasteiger partial charge in [0.25, 0.3) is 0 Å². The summed E-state index contributed by atoms with van der Waals surface area (Å²) in [6.45, 7) is 0. The van der Waals surface area contributed by atoms with Crippen LogP contribution in [0.2, 0.25) is 10.0 Å². The van der Waals surface area contributed by atoms with Crippen molar-refractivity contribution in [3.8, 4) is 11.3 Å². The van der Waals surface area contributed by atoms with Gasteiger partial charge in [-0.05, 0) is 12.1 Å². The standard InChI is InChI=1S/C10H5Cl2N4OS/c11-5-2-1-3-6(12)7(5)8-9(18-4-14-8)10(17)15-16-13/h1-4,13H/q+1. The molecular formula is C10H5Cl2N4OS+. The van der Waals surface area contributed by atoms with Crippen LogP contribution in [0.25, 0.3) is 11.3 Å². The lowest BCUT2D eigenvalue weighted by Crippen LogP contribution is -1.95. The first-order chi connectivity index (χ1) is 8.65. The number of nitrogens with one attached hydrogen (secondary N) is 1. The summed E-state index contributed by atoms with van der Waals surface area (Å²) in [6, 6.07) is 5.01.